The second kappa shape index (κ2) is 8.68. The molecule has 0 aliphatic carbocycles. The number of anilines is 2. The van der Waals surface area contributed by atoms with Gasteiger partial charge in [0.1, 0.15) is 12.4 Å². The molecule has 2 aromatic rings. The molecule has 6 nitrogen and oxygen atoms in total. The van der Waals surface area contributed by atoms with Crippen LogP contribution >= 0.6 is 0 Å². The highest BCUT2D eigenvalue weighted by atomic mass is 16.5. The fourth-order valence-electron chi connectivity index (χ4n) is 3.19. The van der Waals surface area contributed by atoms with Crippen molar-refractivity contribution in [3.63, 3.8) is 0 Å². The number of amides is 2. The zero-order valence-electron chi connectivity index (χ0n) is 15.7. The van der Waals surface area contributed by atoms with Crippen LogP contribution in [0.5, 0.6) is 5.75 Å². The molecular weight excluding hydrogens is 344 g/mol. The van der Waals surface area contributed by atoms with Gasteiger partial charge < -0.3 is 19.7 Å². The van der Waals surface area contributed by atoms with E-state index in [2.05, 4.69) is 5.32 Å². The van der Waals surface area contributed by atoms with Crippen molar-refractivity contribution in [3.8, 4) is 5.75 Å². The lowest BCUT2D eigenvalue weighted by Crippen LogP contribution is -2.37. The van der Waals surface area contributed by atoms with Crippen molar-refractivity contribution in [1.82, 2.24) is 0 Å². The number of carbonyl (C=O) groups is 2. The molecule has 0 radical (unpaired) electrons. The molecule has 0 aromatic heterocycles. The highest BCUT2D eigenvalue weighted by Gasteiger charge is 2.22. The molecule has 1 N–H and O–H groups in total. The third kappa shape index (κ3) is 4.86. The lowest BCUT2D eigenvalue weighted by Gasteiger charge is -2.29. The summed E-state index contributed by atoms with van der Waals surface area (Å²) < 4.78 is 10.5. The monoisotopic (exact) mass is 368 g/mol. The van der Waals surface area contributed by atoms with Crippen molar-refractivity contribution in [2.24, 2.45) is 0 Å². The van der Waals surface area contributed by atoms with Crippen LogP contribution in [0.3, 0.4) is 0 Å². The number of methoxy groups -OCH3 is 1. The first-order valence-corrected chi connectivity index (χ1v) is 8.98. The second-order valence-corrected chi connectivity index (χ2v) is 6.58. The van der Waals surface area contributed by atoms with E-state index in [0.29, 0.717) is 18.0 Å². The smallest absolute Gasteiger partial charge is 0.262 e. The highest BCUT2D eigenvalue weighted by molar-refractivity contribution is 5.96. The Morgan fingerprint density at radius 2 is 2.00 bits per heavy atom. The highest BCUT2D eigenvalue weighted by Crippen LogP contribution is 2.29. The third-order valence-electron chi connectivity index (χ3n) is 4.41. The molecule has 0 bridgehead atoms. The summed E-state index contributed by atoms with van der Waals surface area (Å²) in [4.78, 5) is 26.1. The first-order chi connectivity index (χ1) is 13.1. The van der Waals surface area contributed by atoms with Crippen molar-refractivity contribution in [3.05, 3.63) is 53.6 Å². The van der Waals surface area contributed by atoms with Gasteiger partial charge in [-0.3, -0.25) is 9.59 Å². The zero-order chi connectivity index (χ0) is 19.2. The lowest BCUT2D eigenvalue weighted by atomic mass is 10.0. The van der Waals surface area contributed by atoms with Gasteiger partial charge in [0, 0.05) is 25.0 Å². The van der Waals surface area contributed by atoms with E-state index in [-0.39, 0.29) is 25.0 Å². The summed E-state index contributed by atoms with van der Waals surface area (Å²) in [5.74, 6) is 0.393. The summed E-state index contributed by atoms with van der Waals surface area (Å²) in [6.45, 7) is 2.67. The molecule has 0 saturated heterocycles. The minimum absolute atomic E-state index is 0.0539. The summed E-state index contributed by atoms with van der Waals surface area (Å²) in [5.41, 5.74) is 3.71. The molecule has 142 valence electrons. The summed E-state index contributed by atoms with van der Waals surface area (Å²) in [6, 6.07) is 13.2. The standard InChI is InChI=1S/C21H24N2O4/c1-15-5-3-7-18(11-15)27-13-20(24)22-17-8-9-19-16(12-17)6-4-10-23(19)21(25)14-26-2/h3,5,7-9,11-12H,4,6,10,13-14H2,1-2H3,(H,22,24). The predicted octanol–water partition coefficient (Wildman–Crippen LogP) is 2.94. The fourth-order valence-corrected chi connectivity index (χ4v) is 3.19. The number of aryl methyl sites for hydroxylation is 2. The number of nitrogens with zero attached hydrogens (tertiary/aromatic N) is 1. The Balaban J connectivity index is 1.62. The quantitative estimate of drug-likeness (QED) is 0.851. The maximum Gasteiger partial charge on any atom is 0.262 e. The van der Waals surface area contributed by atoms with E-state index in [1.165, 1.54) is 7.11 Å². The van der Waals surface area contributed by atoms with Crippen LogP contribution in [-0.2, 0) is 20.7 Å². The van der Waals surface area contributed by atoms with Crippen molar-refractivity contribution in [2.75, 3.05) is 37.1 Å². The Morgan fingerprint density at radius 1 is 1.15 bits per heavy atom. The predicted molar refractivity (Wildman–Crippen MR) is 104 cm³/mol. The van der Waals surface area contributed by atoms with E-state index in [1.54, 1.807) is 4.90 Å². The largest absolute Gasteiger partial charge is 0.484 e. The molecule has 0 fully saturated rings. The molecule has 2 aromatic carbocycles. The average molecular weight is 368 g/mol. The molecule has 0 unspecified atom stereocenters. The molecule has 1 aliphatic rings. The van der Waals surface area contributed by atoms with Crippen LogP contribution in [0.4, 0.5) is 11.4 Å². The van der Waals surface area contributed by atoms with Crippen molar-refractivity contribution in [1.29, 1.82) is 0 Å². The number of benzene rings is 2. The van der Waals surface area contributed by atoms with Crippen LogP contribution in [0.15, 0.2) is 42.5 Å². The van der Waals surface area contributed by atoms with E-state index < -0.39 is 0 Å². The summed E-state index contributed by atoms with van der Waals surface area (Å²) in [5, 5.41) is 2.85. The lowest BCUT2D eigenvalue weighted by molar-refractivity contribution is -0.122. The summed E-state index contributed by atoms with van der Waals surface area (Å²) in [6.07, 6.45) is 1.76. The molecule has 6 heteroatoms. The third-order valence-corrected chi connectivity index (χ3v) is 4.41. The Morgan fingerprint density at radius 3 is 2.78 bits per heavy atom. The molecular formula is C21H24N2O4. The molecule has 0 saturated carbocycles. The average Bonchev–Trinajstić information content (AvgIpc) is 2.66. The molecule has 3 rings (SSSR count). The Hall–Kier alpha value is -2.86. The van der Waals surface area contributed by atoms with E-state index >= 15 is 0 Å². The SMILES string of the molecule is COCC(=O)N1CCCc2cc(NC(=O)COc3cccc(C)c3)ccc21. The fraction of sp³-hybridized carbons (Fsp3) is 0.333. The van der Waals surface area contributed by atoms with Crippen molar-refractivity contribution < 1.29 is 19.1 Å². The minimum atomic E-state index is -0.223. The maximum absolute atomic E-state index is 12.2. The molecule has 1 aliphatic heterocycles. The molecule has 27 heavy (non-hydrogen) atoms. The van der Waals surface area contributed by atoms with Crippen LogP contribution in [0.25, 0.3) is 0 Å². The van der Waals surface area contributed by atoms with Gasteiger partial charge in [0.25, 0.3) is 11.8 Å². The van der Waals surface area contributed by atoms with Gasteiger partial charge in [-0.05, 0) is 61.2 Å². The van der Waals surface area contributed by atoms with Crippen LogP contribution < -0.4 is 15.0 Å². The number of fused-ring (bicyclic) bond motifs is 1. The number of hydrogen-bond donors (Lipinski definition) is 1. The molecule has 0 atom stereocenters. The Bertz CT molecular complexity index is 835. The normalized spacial score (nSPS) is 13.0. The van der Waals surface area contributed by atoms with Gasteiger partial charge in [-0.1, -0.05) is 12.1 Å². The zero-order valence-corrected chi connectivity index (χ0v) is 15.7. The second-order valence-electron chi connectivity index (χ2n) is 6.58. The van der Waals surface area contributed by atoms with E-state index in [0.717, 1.165) is 29.7 Å². The summed E-state index contributed by atoms with van der Waals surface area (Å²) >= 11 is 0. The van der Waals surface area contributed by atoms with Gasteiger partial charge in [-0.25, -0.2) is 0 Å². The van der Waals surface area contributed by atoms with Gasteiger partial charge in [-0.2, -0.15) is 0 Å². The maximum atomic E-state index is 12.2. The topological polar surface area (TPSA) is 67.9 Å². The van der Waals surface area contributed by atoms with E-state index in [4.69, 9.17) is 9.47 Å². The van der Waals surface area contributed by atoms with Gasteiger partial charge in [0.15, 0.2) is 6.61 Å². The number of ether oxygens (including phenoxy) is 2. The minimum Gasteiger partial charge on any atom is -0.484 e. The Kier molecular flexibility index (Phi) is 6.08. The molecule has 2 amide bonds. The van der Waals surface area contributed by atoms with Gasteiger partial charge in [-0.15, -0.1) is 0 Å². The van der Waals surface area contributed by atoms with E-state index in [1.807, 2.05) is 49.4 Å². The van der Waals surface area contributed by atoms with Crippen LogP contribution in [0.1, 0.15) is 17.5 Å². The number of hydrogen-bond acceptors (Lipinski definition) is 4. The van der Waals surface area contributed by atoms with Gasteiger partial charge >= 0.3 is 0 Å². The molecule has 0 spiro atoms. The van der Waals surface area contributed by atoms with Crippen molar-refractivity contribution in [2.45, 2.75) is 19.8 Å². The number of rotatable bonds is 6. The first-order valence-electron chi connectivity index (χ1n) is 8.98. The first kappa shape index (κ1) is 18.9. The van der Waals surface area contributed by atoms with Crippen molar-refractivity contribution >= 4 is 23.2 Å². The van der Waals surface area contributed by atoms with Crippen LogP contribution in [-0.4, -0.2) is 38.7 Å². The van der Waals surface area contributed by atoms with Gasteiger partial charge in [0.2, 0.25) is 0 Å². The van der Waals surface area contributed by atoms with Crippen LogP contribution in [0.2, 0.25) is 0 Å². The number of nitrogens with one attached hydrogen (secondary N) is 1. The van der Waals surface area contributed by atoms with E-state index in [9.17, 15) is 9.59 Å². The Labute approximate surface area is 159 Å². The molecule has 1 heterocycles. The summed E-state index contributed by atoms with van der Waals surface area (Å²) in [7, 11) is 1.51. The van der Waals surface area contributed by atoms with Gasteiger partial charge in [0.05, 0.1) is 0 Å². The number of carbonyl (C=O) groups excluding carboxylic acids is 2. The van der Waals surface area contributed by atoms with Crippen LogP contribution in [0, 0.1) is 6.92 Å².